The molecule has 15 nitrogen and oxygen atoms in total. The Kier molecular flexibility index (Phi) is 18.4. The van der Waals surface area contributed by atoms with Crippen molar-refractivity contribution < 1.29 is 33.4 Å². The van der Waals surface area contributed by atoms with Crippen LogP contribution >= 0.6 is 0 Å². The van der Waals surface area contributed by atoms with Gasteiger partial charge in [-0.1, -0.05) is 56.7 Å². The van der Waals surface area contributed by atoms with Gasteiger partial charge in [0.2, 0.25) is 11.8 Å². The number of benzene rings is 3. The first-order chi connectivity index (χ1) is 31.3. The van der Waals surface area contributed by atoms with Crippen LogP contribution in [0.1, 0.15) is 97.6 Å². The SMILES string of the molecule is CCCCc1ccc(-c2ncc(C(=O)C[C@@H](CCN)C(=O)N(C)[C@@H]3C(=O)C[C@@H](C)C(=O)N[C@H](C(=O)CCC#N)Cc4ccc(OCCN)c(c4)-c4cc3ccc4OCCN)c(C)n2)cc1. The summed E-state index contributed by atoms with van der Waals surface area (Å²) in [6.07, 6.45) is 4.30. The number of carbonyl (C=O) groups excluding carboxylic acids is 5. The molecule has 0 saturated carbocycles. The number of nitrogens with one attached hydrogen (secondary N) is 1. The van der Waals surface area contributed by atoms with Crippen LogP contribution in [0.25, 0.3) is 22.5 Å². The summed E-state index contributed by atoms with van der Waals surface area (Å²) < 4.78 is 12.2. The highest BCUT2D eigenvalue weighted by Crippen LogP contribution is 2.41. The topological polar surface area (TPSA) is 247 Å². The summed E-state index contributed by atoms with van der Waals surface area (Å²) in [6.45, 7) is 6.33. The summed E-state index contributed by atoms with van der Waals surface area (Å²) in [5, 5.41) is 12.1. The summed E-state index contributed by atoms with van der Waals surface area (Å²) in [5.41, 5.74) is 22.7. The summed E-state index contributed by atoms with van der Waals surface area (Å²) in [4.78, 5) is 81.2. The van der Waals surface area contributed by atoms with Gasteiger partial charge >= 0.3 is 0 Å². The molecule has 3 aromatic carbocycles. The molecule has 1 aliphatic rings. The minimum Gasteiger partial charge on any atom is -0.492 e. The molecule has 4 atom stereocenters. The molecule has 2 amide bonds. The molecule has 65 heavy (non-hydrogen) atoms. The summed E-state index contributed by atoms with van der Waals surface area (Å²) in [6, 6.07) is 18.3. The summed E-state index contributed by atoms with van der Waals surface area (Å²) in [5.74, 6) is -2.67. The second-order valence-corrected chi connectivity index (χ2v) is 16.6. The van der Waals surface area contributed by atoms with Crippen LogP contribution in [0.15, 0.2) is 66.9 Å². The van der Waals surface area contributed by atoms with Crippen molar-refractivity contribution in [3.63, 3.8) is 0 Å². The minimum atomic E-state index is -1.24. The number of nitrogens with zero attached hydrogens (tertiary/aromatic N) is 4. The first-order valence-corrected chi connectivity index (χ1v) is 22.4. The molecule has 0 spiro atoms. The fourth-order valence-electron chi connectivity index (χ4n) is 8.06. The average molecular weight is 887 g/mol. The van der Waals surface area contributed by atoms with Crippen molar-refractivity contribution in [3.05, 3.63) is 94.8 Å². The number of hydrogen-bond acceptors (Lipinski definition) is 13. The highest BCUT2D eigenvalue weighted by molar-refractivity contribution is 6.00. The fraction of sp³-hybridized carbons (Fsp3) is 0.440. The Balaban J connectivity index is 1.54. The molecule has 1 aliphatic heterocycles. The number of nitrogens with two attached hydrogens (primary N) is 3. The van der Waals surface area contributed by atoms with Crippen molar-refractivity contribution in [2.45, 2.75) is 90.6 Å². The van der Waals surface area contributed by atoms with Gasteiger partial charge in [0.1, 0.15) is 30.8 Å². The van der Waals surface area contributed by atoms with E-state index >= 15 is 0 Å². The largest absolute Gasteiger partial charge is 0.492 e. The number of amides is 2. The van der Waals surface area contributed by atoms with E-state index in [2.05, 4.69) is 34.3 Å². The molecule has 2 heterocycles. The van der Waals surface area contributed by atoms with Gasteiger partial charge in [0.05, 0.1) is 23.4 Å². The van der Waals surface area contributed by atoms with Crippen molar-refractivity contribution >= 4 is 29.2 Å². The number of unbranched alkanes of at least 4 members (excludes halogenated alkanes) is 1. The normalized spacial score (nSPS) is 16.7. The maximum absolute atomic E-state index is 14.7. The highest BCUT2D eigenvalue weighted by Gasteiger charge is 2.36. The van der Waals surface area contributed by atoms with Gasteiger partial charge in [-0.2, -0.15) is 5.26 Å². The average Bonchev–Trinajstić information content (AvgIpc) is 3.30. The summed E-state index contributed by atoms with van der Waals surface area (Å²) >= 11 is 0. The lowest BCUT2D eigenvalue weighted by Gasteiger charge is -2.32. The number of likely N-dealkylation sites (N-methyl/N-ethyl adjacent to an activating group) is 1. The van der Waals surface area contributed by atoms with E-state index in [0.29, 0.717) is 45.3 Å². The third-order valence-electron chi connectivity index (χ3n) is 11.6. The molecule has 4 aromatic rings. The molecule has 1 aromatic heterocycles. The first kappa shape index (κ1) is 49.7. The number of rotatable bonds is 20. The zero-order valence-electron chi connectivity index (χ0n) is 37.9. The second kappa shape index (κ2) is 24.1. The van der Waals surface area contributed by atoms with Crippen molar-refractivity contribution in [2.75, 3.05) is 39.9 Å². The van der Waals surface area contributed by atoms with Crippen molar-refractivity contribution in [2.24, 2.45) is 29.0 Å². The number of aryl methyl sites for hydroxylation is 2. The Morgan fingerprint density at radius 1 is 0.938 bits per heavy atom. The van der Waals surface area contributed by atoms with Gasteiger partial charge < -0.3 is 36.9 Å². The van der Waals surface area contributed by atoms with Gasteiger partial charge in [-0.15, -0.1) is 0 Å². The first-order valence-electron chi connectivity index (χ1n) is 22.4. The Hall–Kier alpha value is -6.34. The molecule has 5 rings (SSSR count). The lowest BCUT2D eigenvalue weighted by molar-refractivity contribution is -0.142. The number of carbonyl (C=O) groups is 5. The highest BCUT2D eigenvalue weighted by atomic mass is 16.5. The molecule has 15 heteroatoms. The van der Waals surface area contributed by atoms with Crippen LogP contribution < -0.4 is 32.0 Å². The lowest BCUT2D eigenvalue weighted by atomic mass is 9.88. The third-order valence-corrected chi connectivity index (χ3v) is 11.6. The van der Waals surface area contributed by atoms with Crippen LogP contribution in [0.2, 0.25) is 0 Å². The number of fused-ring (bicyclic) bond motifs is 5. The van der Waals surface area contributed by atoms with Crippen molar-refractivity contribution in [1.82, 2.24) is 20.2 Å². The molecule has 0 unspecified atom stereocenters. The van der Waals surface area contributed by atoms with Crippen LogP contribution in [0.3, 0.4) is 0 Å². The number of hydrogen-bond donors (Lipinski definition) is 4. The van der Waals surface area contributed by atoms with Gasteiger partial charge in [-0.3, -0.25) is 24.0 Å². The van der Waals surface area contributed by atoms with E-state index in [1.807, 2.05) is 24.3 Å². The fourth-order valence-corrected chi connectivity index (χ4v) is 8.06. The van der Waals surface area contributed by atoms with Gasteiger partial charge in [0.25, 0.3) is 0 Å². The van der Waals surface area contributed by atoms with E-state index in [1.165, 1.54) is 23.7 Å². The van der Waals surface area contributed by atoms with Gasteiger partial charge in [-0.05, 0) is 80.1 Å². The third kappa shape index (κ3) is 12.9. The van der Waals surface area contributed by atoms with Crippen LogP contribution in [0.5, 0.6) is 11.5 Å². The lowest BCUT2D eigenvalue weighted by Crippen LogP contribution is -2.46. The van der Waals surface area contributed by atoms with Gasteiger partial charge in [0.15, 0.2) is 23.2 Å². The predicted octanol–water partition coefficient (Wildman–Crippen LogP) is 5.38. The van der Waals surface area contributed by atoms with Crippen molar-refractivity contribution in [1.29, 1.82) is 5.26 Å². The quantitative estimate of drug-likeness (QED) is 0.0815. The van der Waals surface area contributed by atoms with E-state index in [-0.39, 0.29) is 88.5 Å². The second-order valence-electron chi connectivity index (χ2n) is 16.6. The summed E-state index contributed by atoms with van der Waals surface area (Å²) in [7, 11) is 1.50. The van der Waals surface area contributed by atoms with E-state index in [0.717, 1.165) is 24.8 Å². The van der Waals surface area contributed by atoms with E-state index in [9.17, 15) is 29.2 Å². The standard InChI is InChI=1S/C50H62N8O7/c1-5-6-8-33-10-13-35(14-11-33)48-55-30-40(32(3)56-48)43(60)29-37(18-20-52)50(63)58(4)47-36-15-17-46(65-24-22-54)39(28-36)38-26-34(12-16-45(38)64-23-21-53)27-41(42(59)9-7-19-51)57-49(62)31(2)25-44(47)61/h10-17,26,28,30-31,37,41,47H,5-9,18,20-25,27,29,52-54H2,1-4H3,(H,57,62)/t31-,37-,41+,47+/m1/s1. The van der Waals surface area contributed by atoms with E-state index in [1.54, 1.807) is 44.2 Å². The van der Waals surface area contributed by atoms with Crippen LogP contribution in [-0.4, -0.2) is 90.0 Å². The van der Waals surface area contributed by atoms with Crippen LogP contribution in [-0.2, 0) is 32.0 Å². The smallest absolute Gasteiger partial charge is 0.226 e. The zero-order chi connectivity index (χ0) is 47.0. The monoisotopic (exact) mass is 886 g/mol. The Morgan fingerprint density at radius 2 is 1.62 bits per heavy atom. The van der Waals surface area contributed by atoms with E-state index < -0.39 is 41.5 Å². The number of nitriles is 1. The molecule has 344 valence electrons. The zero-order valence-corrected chi connectivity index (χ0v) is 37.9. The maximum Gasteiger partial charge on any atom is 0.226 e. The molecule has 0 aliphatic carbocycles. The van der Waals surface area contributed by atoms with E-state index in [4.69, 9.17) is 26.7 Å². The Morgan fingerprint density at radius 3 is 2.25 bits per heavy atom. The molecule has 0 saturated heterocycles. The van der Waals surface area contributed by atoms with Crippen LogP contribution in [0.4, 0.5) is 0 Å². The number of ether oxygens (including phenoxy) is 2. The van der Waals surface area contributed by atoms with Crippen LogP contribution in [0, 0.1) is 30.1 Å². The Labute approximate surface area is 381 Å². The molecule has 0 radical (unpaired) electrons. The molecular weight excluding hydrogens is 825 g/mol. The molecule has 7 N–H and O–H groups in total. The van der Waals surface area contributed by atoms with Gasteiger partial charge in [0, 0.05) is 80.5 Å². The molecule has 0 fully saturated rings. The minimum absolute atomic E-state index is 0.0301. The number of aromatic nitrogens is 2. The predicted molar refractivity (Wildman–Crippen MR) is 248 cm³/mol. The molecular formula is C50H62N8O7. The maximum atomic E-state index is 14.7. The Bertz CT molecular complexity index is 2360. The number of Topliss-reactive ketones (excluding diaryl/α,β-unsaturated/α-hetero) is 3. The number of ketones is 3. The molecule has 4 bridgehead atoms. The van der Waals surface area contributed by atoms with Gasteiger partial charge in [-0.25, -0.2) is 9.97 Å². The van der Waals surface area contributed by atoms with Crippen molar-refractivity contribution in [3.8, 4) is 40.1 Å².